The van der Waals surface area contributed by atoms with Gasteiger partial charge in [0.1, 0.15) is 11.6 Å². The van der Waals surface area contributed by atoms with Crippen LogP contribution in [0.25, 0.3) is 0 Å². The molecule has 1 amide bonds. The number of nitrogens with two attached hydrogens (primary N) is 1. The number of rotatable bonds is 8. The first-order valence-corrected chi connectivity index (χ1v) is 14.0. The van der Waals surface area contributed by atoms with Crippen molar-refractivity contribution in [3.63, 3.8) is 0 Å². The maximum Gasteiger partial charge on any atom is 1.00 e. The molecule has 1 aromatic heterocycles. The molecule has 224 valence electrons. The van der Waals surface area contributed by atoms with Gasteiger partial charge in [-0.2, -0.15) is 0 Å². The monoisotopic (exact) mass is 610 g/mol. The smallest absolute Gasteiger partial charge is 0.444 e. The second-order valence-electron chi connectivity index (χ2n) is 10.8. The number of benzene rings is 1. The minimum atomic E-state index is -4.18. The van der Waals surface area contributed by atoms with Gasteiger partial charge in [-0.3, -0.25) is 4.90 Å². The number of carbonyl (C=O) groups excluding carboxylic acids is 1. The van der Waals surface area contributed by atoms with Crippen molar-refractivity contribution in [3.8, 4) is 11.6 Å². The Morgan fingerprint density at radius 3 is 2.44 bits per heavy atom. The fourth-order valence-corrected chi connectivity index (χ4v) is 4.97. The fraction of sp³-hybridized carbons (Fsp3) is 0.538. The average Bonchev–Trinajstić information content (AvgIpc) is 3.06. The molecule has 1 aliphatic rings. The van der Waals surface area contributed by atoms with Gasteiger partial charge in [0.05, 0.1) is 23.5 Å². The van der Waals surface area contributed by atoms with E-state index < -0.39 is 63.8 Å². The molecule has 1 aromatic carbocycles. The van der Waals surface area contributed by atoms with Crippen LogP contribution in [0.4, 0.5) is 18.0 Å². The molecule has 0 bridgehead atoms. The van der Waals surface area contributed by atoms with E-state index in [-0.39, 0.29) is 61.7 Å². The van der Waals surface area contributed by atoms with Crippen LogP contribution in [0.5, 0.6) is 11.6 Å². The fourth-order valence-electron chi connectivity index (χ4n) is 4.02. The number of amides is 1. The van der Waals surface area contributed by atoms with Crippen molar-refractivity contribution in [3.05, 3.63) is 53.0 Å². The van der Waals surface area contributed by atoms with Crippen LogP contribution in [-0.4, -0.2) is 68.2 Å². The molecular weight excluding hydrogens is 571 g/mol. The number of pyridine rings is 1. The van der Waals surface area contributed by atoms with Crippen LogP contribution in [-0.2, 0) is 27.7 Å². The van der Waals surface area contributed by atoms with E-state index in [0.717, 1.165) is 4.90 Å². The second kappa shape index (κ2) is 14.1. The summed E-state index contributed by atoms with van der Waals surface area (Å²) >= 11 is 0. The van der Waals surface area contributed by atoms with Crippen LogP contribution in [0.1, 0.15) is 51.4 Å². The number of likely N-dealkylation sites (tertiary alicyclic amines) is 1. The van der Waals surface area contributed by atoms with Gasteiger partial charge in [-0.25, -0.2) is 36.1 Å². The van der Waals surface area contributed by atoms with Gasteiger partial charge in [-0.15, -0.1) is 0 Å². The molecular formula is C26H39BF3N4NaO5S. The number of nitrogens with one attached hydrogen (secondary N) is 1. The van der Waals surface area contributed by atoms with Crippen molar-refractivity contribution in [1.29, 1.82) is 0 Å². The third-order valence-electron chi connectivity index (χ3n) is 6.16. The van der Waals surface area contributed by atoms with Crippen molar-refractivity contribution in [1.82, 2.24) is 14.6 Å². The summed E-state index contributed by atoms with van der Waals surface area (Å²) in [6.07, 6.45) is -1.51. The number of carbonyl (C=O) groups is 1. The number of aromatic nitrogens is 1. The zero-order valence-corrected chi connectivity index (χ0v) is 26.6. The van der Waals surface area contributed by atoms with Crippen molar-refractivity contribution in [2.45, 2.75) is 83.4 Å². The molecule has 41 heavy (non-hydrogen) atoms. The zero-order valence-electron chi connectivity index (χ0n) is 23.8. The van der Waals surface area contributed by atoms with Crippen LogP contribution in [0.2, 0.25) is 0 Å². The third kappa shape index (κ3) is 9.07. The first kappa shape index (κ1) is 37.2. The Kier molecular flexibility index (Phi) is 12.8. The first-order valence-electron chi connectivity index (χ1n) is 12.5. The summed E-state index contributed by atoms with van der Waals surface area (Å²) in [5.41, 5.74) is 5.70. The molecule has 1 aliphatic heterocycles. The predicted octanol–water partition coefficient (Wildman–Crippen LogP) is -0.174. The van der Waals surface area contributed by atoms with Crippen molar-refractivity contribution in [2.75, 3.05) is 6.54 Å². The summed E-state index contributed by atoms with van der Waals surface area (Å²) in [5.74, 6) is -4.61. The van der Waals surface area contributed by atoms with Gasteiger partial charge < -0.3 is 15.2 Å². The maximum atomic E-state index is 15.7. The Hall–Kier alpha value is -1.84. The van der Waals surface area contributed by atoms with E-state index in [9.17, 15) is 13.2 Å². The van der Waals surface area contributed by atoms with Crippen LogP contribution < -0.4 is 44.7 Å². The molecule has 1 fully saturated rings. The summed E-state index contributed by atoms with van der Waals surface area (Å²) in [5, 5.41) is -1.02. The molecule has 3 N–H and O–H groups in total. The van der Waals surface area contributed by atoms with E-state index in [0.29, 0.717) is 11.3 Å². The van der Waals surface area contributed by atoms with Gasteiger partial charge in [0.2, 0.25) is 15.9 Å². The number of alkyl halides is 2. The molecule has 0 radical (unpaired) electrons. The van der Waals surface area contributed by atoms with Crippen LogP contribution in [0.3, 0.4) is 0 Å². The van der Waals surface area contributed by atoms with Crippen LogP contribution in [0, 0.1) is 12.7 Å². The Morgan fingerprint density at radius 2 is 1.88 bits per heavy atom. The summed E-state index contributed by atoms with van der Waals surface area (Å²) in [4.78, 5) is 18.0. The summed E-state index contributed by atoms with van der Waals surface area (Å²) in [7, 11) is -4.18. The molecule has 15 heteroatoms. The van der Waals surface area contributed by atoms with Gasteiger partial charge in [0, 0.05) is 12.1 Å². The minimum Gasteiger partial charge on any atom is -0.444 e. The van der Waals surface area contributed by atoms with E-state index in [1.807, 2.05) is 0 Å². The van der Waals surface area contributed by atoms with Gasteiger partial charge in [-0.05, 0) is 65.7 Å². The molecule has 0 saturated carbocycles. The quantitative estimate of drug-likeness (QED) is 0.398. The number of sulfonamides is 1. The van der Waals surface area contributed by atoms with Crippen molar-refractivity contribution < 1.29 is 65.4 Å². The summed E-state index contributed by atoms with van der Waals surface area (Å²) in [6, 6.07) is 4.11. The Morgan fingerprint density at radius 1 is 1.24 bits per heavy atom. The van der Waals surface area contributed by atoms with E-state index in [4.69, 9.17) is 15.2 Å². The molecule has 2 atom stereocenters. The predicted molar refractivity (Wildman–Crippen MR) is 151 cm³/mol. The number of hydrogen-bond acceptors (Lipinski definition) is 7. The number of nitrogens with zero attached hydrogens (tertiary/aromatic N) is 2. The van der Waals surface area contributed by atoms with Gasteiger partial charge in [0.15, 0.2) is 11.6 Å². The largest absolute Gasteiger partial charge is 1.00 e. The molecule has 2 aromatic rings. The van der Waals surface area contributed by atoms with E-state index in [1.165, 1.54) is 32.0 Å². The SMILES string of the molecule is Cc1ccc(CN)nc1Oc1cccc(C[C@H]2[C@@H](NS(=O)(=O)C(C)C)C(F)(F)CN2C(=O)OC(C)(C)C)c1F.[BH4-].[Na+]. The Balaban J connectivity index is 0.00000420. The van der Waals surface area contributed by atoms with Crippen LogP contribution >= 0.6 is 0 Å². The van der Waals surface area contributed by atoms with Gasteiger partial charge in [-0.1, -0.05) is 26.6 Å². The molecule has 0 spiro atoms. The Labute approximate surface area is 263 Å². The van der Waals surface area contributed by atoms with E-state index in [1.54, 1.807) is 39.8 Å². The topological polar surface area (TPSA) is 124 Å². The van der Waals surface area contributed by atoms with Crippen molar-refractivity contribution in [2.24, 2.45) is 5.73 Å². The molecule has 0 aliphatic carbocycles. The summed E-state index contributed by atoms with van der Waals surface area (Å²) in [6.45, 7) is 8.15. The standard InChI is InChI=1S/C26H35F3N4O5S.BH4.Na/c1-15(2)39(35,36)32-22-19(33(14-26(22,28)29)24(34)38-25(4,5)6)12-17-8-7-9-20(21(17)27)37-23-16(3)10-11-18(13-30)31-23;;/h7-11,15,19,22,32H,12-14,30H2,1-6H3;1H4;/q;-1;+1/t19-,22+;;/m0../s1. The molecule has 1 saturated heterocycles. The number of hydrogen-bond donors (Lipinski definition) is 2. The van der Waals surface area contributed by atoms with E-state index >= 15 is 13.2 Å². The number of halogens is 3. The van der Waals surface area contributed by atoms with Gasteiger partial charge >= 0.3 is 35.7 Å². The third-order valence-corrected chi connectivity index (χ3v) is 7.98. The number of aryl methyl sites for hydroxylation is 1. The summed E-state index contributed by atoms with van der Waals surface area (Å²) < 4.78 is 84.5. The zero-order chi connectivity index (χ0) is 29.3. The first-order chi connectivity index (χ1) is 17.9. The maximum absolute atomic E-state index is 15.7. The van der Waals surface area contributed by atoms with Crippen LogP contribution in [0.15, 0.2) is 30.3 Å². The second-order valence-corrected chi connectivity index (χ2v) is 13.1. The minimum absolute atomic E-state index is 0. The molecule has 2 heterocycles. The number of ether oxygens (including phenoxy) is 2. The molecule has 3 rings (SSSR count). The van der Waals surface area contributed by atoms with Crippen molar-refractivity contribution >= 4 is 24.5 Å². The molecule has 0 unspecified atom stereocenters. The van der Waals surface area contributed by atoms with E-state index in [2.05, 4.69) is 9.71 Å². The normalized spacial score (nSPS) is 18.5. The molecule has 9 nitrogen and oxygen atoms in total. The average molecular weight is 610 g/mol. The Bertz CT molecular complexity index is 1330. The van der Waals surface area contributed by atoms with Gasteiger partial charge in [0.25, 0.3) is 5.92 Å².